The molecule has 0 fully saturated rings. The van der Waals surface area contributed by atoms with Gasteiger partial charge in [0.2, 0.25) is 0 Å². The van der Waals surface area contributed by atoms with Crippen molar-refractivity contribution in [1.82, 2.24) is 20.2 Å². The molecule has 6 nitrogen and oxygen atoms in total. The zero-order valence-corrected chi connectivity index (χ0v) is 7.51. The molecule has 6 heteroatoms. The number of carbonyl (C=O) groups is 1. The van der Waals surface area contributed by atoms with Crippen LogP contribution in [-0.4, -0.2) is 25.9 Å². The molecule has 0 aliphatic carbocycles. The lowest BCUT2D eigenvalue weighted by atomic mass is 10.0. The average Bonchev–Trinajstić information content (AvgIpc) is 2.56. The first-order chi connectivity index (χ1) is 6.16. The number of aromatic nitrogens is 3. The third kappa shape index (κ3) is 2.03. The molecule has 1 aromatic heterocycles. The molecule has 13 heavy (non-hydrogen) atoms. The molecular formula is C7H12N4O2. The molecule has 1 heterocycles. The van der Waals surface area contributed by atoms with Crippen molar-refractivity contribution in [2.75, 3.05) is 0 Å². The Hall–Kier alpha value is -1.43. The highest BCUT2D eigenvalue weighted by atomic mass is 16.5. The molecule has 1 amide bonds. The Labute approximate surface area is 75.5 Å². The molecular weight excluding hydrogens is 172 g/mol. The van der Waals surface area contributed by atoms with Crippen molar-refractivity contribution in [3.8, 4) is 0 Å². The molecule has 0 saturated carbocycles. The van der Waals surface area contributed by atoms with Crippen LogP contribution in [0.1, 0.15) is 19.9 Å². The van der Waals surface area contributed by atoms with Crippen LogP contribution in [0.4, 0.5) is 0 Å². The van der Waals surface area contributed by atoms with Crippen LogP contribution in [0.3, 0.4) is 0 Å². The highest BCUT2D eigenvalue weighted by molar-refractivity contribution is 5.79. The minimum absolute atomic E-state index is 0.0360. The smallest absolute Gasteiger partial charge is 0.268 e. The monoisotopic (exact) mass is 184 g/mol. The zero-order chi connectivity index (χ0) is 9.84. The molecule has 0 bridgehead atoms. The van der Waals surface area contributed by atoms with E-state index < -0.39 is 11.9 Å². The van der Waals surface area contributed by atoms with E-state index in [2.05, 4.69) is 10.1 Å². The van der Waals surface area contributed by atoms with Crippen LogP contribution < -0.4 is 5.48 Å². The average molecular weight is 184 g/mol. The third-order valence-electron chi connectivity index (χ3n) is 1.73. The summed E-state index contributed by atoms with van der Waals surface area (Å²) in [6.07, 6.45) is 2.79. The first-order valence-corrected chi connectivity index (χ1v) is 3.95. The fourth-order valence-corrected chi connectivity index (χ4v) is 1.16. The first kappa shape index (κ1) is 9.66. The van der Waals surface area contributed by atoms with Crippen molar-refractivity contribution in [1.29, 1.82) is 0 Å². The fraction of sp³-hybridized carbons (Fsp3) is 0.571. The summed E-state index contributed by atoms with van der Waals surface area (Å²) in [4.78, 5) is 14.9. The van der Waals surface area contributed by atoms with E-state index in [1.807, 2.05) is 13.8 Å². The van der Waals surface area contributed by atoms with Crippen LogP contribution in [-0.2, 0) is 4.79 Å². The molecule has 0 spiro atoms. The van der Waals surface area contributed by atoms with Gasteiger partial charge in [-0.25, -0.2) is 15.1 Å². The van der Waals surface area contributed by atoms with Gasteiger partial charge in [0.1, 0.15) is 18.7 Å². The number of carbonyl (C=O) groups excluding carboxylic acids is 1. The minimum atomic E-state index is -0.521. The van der Waals surface area contributed by atoms with Gasteiger partial charge in [-0.3, -0.25) is 10.0 Å². The highest BCUT2D eigenvalue weighted by Crippen LogP contribution is 2.15. The maximum atomic E-state index is 11.2. The number of rotatable bonds is 3. The number of nitrogens with zero attached hydrogens (tertiary/aromatic N) is 3. The van der Waals surface area contributed by atoms with E-state index in [4.69, 9.17) is 5.21 Å². The predicted molar refractivity (Wildman–Crippen MR) is 43.8 cm³/mol. The molecule has 0 aromatic carbocycles. The number of hydrogen-bond acceptors (Lipinski definition) is 4. The van der Waals surface area contributed by atoms with Crippen molar-refractivity contribution in [2.45, 2.75) is 19.9 Å². The summed E-state index contributed by atoms with van der Waals surface area (Å²) in [7, 11) is 0. The summed E-state index contributed by atoms with van der Waals surface area (Å²) in [5.41, 5.74) is 1.61. The summed E-state index contributed by atoms with van der Waals surface area (Å²) in [5.74, 6) is -0.450. The first-order valence-electron chi connectivity index (χ1n) is 3.95. The standard InChI is InChI=1S/C7H12N4O2/c1-5(2)6(7(12)10-13)11-4-8-3-9-11/h3-6,13H,1-2H3,(H,10,12). The van der Waals surface area contributed by atoms with Gasteiger partial charge in [-0.2, -0.15) is 5.10 Å². The number of amides is 1. The second-order valence-corrected chi connectivity index (χ2v) is 3.04. The van der Waals surface area contributed by atoms with Crippen molar-refractivity contribution in [3.63, 3.8) is 0 Å². The van der Waals surface area contributed by atoms with Gasteiger partial charge < -0.3 is 0 Å². The van der Waals surface area contributed by atoms with Crippen molar-refractivity contribution in [3.05, 3.63) is 12.7 Å². The van der Waals surface area contributed by atoms with Gasteiger partial charge in [0.15, 0.2) is 0 Å². The van der Waals surface area contributed by atoms with Crippen molar-refractivity contribution < 1.29 is 10.0 Å². The van der Waals surface area contributed by atoms with Gasteiger partial charge in [0, 0.05) is 0 Å². The SMILES string of the molecule is CC(C)C(C(=O)NO)n1cncn1. The van der Waals surface area contributed by atoms with Crippen molar-refractivity contribution >= 4 is 5.91 Å². The van der Waals surface area contributed by atoms with E-state index >= 15 is 0 Å². The van der Waals surface area contributed by atoms with E-state index in [1.54, 1.807) is 5.48 Å². The highest BCUT2D eigenvalue weighted by Gasteiger charge is 2.24. The van der Waals surface area contributed by atoms with Crippen LogP contribution in [0.25, 0.3) is 0 Å². The van der Waals surface area contributed by atoms with E-state index in [-0.39, 0.29) is 5.92 Å². The lowest BCUT2D eigenvalue weighted by Gasteiger charge is -2.17. The quantitative estimate of drug-likeness (QED) is 0.511. The van der Waals surface area contributed by atoms with Crippen LogP contribution in [0.15, 0.2) is 12.7 Å². The lowest BCUT2D eigenvalue weighted by Crippen LogP contribution is -2.33. The van der Waals surface area contributed by atoms with Crippen molar-refractivity contribution in [2.24, 2.45) is 5.92 Å². The molecule has 72 valence electrons. The normalized spacial score (nSPS) is 12.9. The topological polar surface area (TPSA) is 80.0 Å². The van der Waals surface area contributed by atoms with Gasteiger partial charge in [-0.1, -0.05) is 13.8 Å². The Morgan fingerprint density at radius 3 is 2.69 bits per heavy atom. The van der Waals surface area contributed by atoms with Gasteiger partial charge in [0.05, 0.1) is 0 Å². The fourth-order valence-electron chi connectivity index (χ4n) is 1.16. The van der Waals surface area contributed by atoms with Gasteiger partial charge in [-0.05, 0) is 5.92 Å². The minimum Gasteiger partial charge on any atom is -0.289 e. The Morgan fingerprint density at radius 2 is 2.31 bits per heavy atom. The Balaban J connectivity index is 2.87. The molecule has 0 saturated heterocycles. The van der Waals surface area contributed by atoms with Crippen LogP contribution in [0.5, 0.6) is 0 Å². The Morgan fingerprint density at radius 1 is 1.62 bits per heavy atom. The lowest BCUT2D eigenvalue weighted by molar-refractivity contribution is -0.134. The Kier molecular flexibility index (Phi) is 2.97. The third-order valence-corrected chi connectivity index (χ3v) is 1.73. The molecule has 0 radical (unpaired) electrons. The number of hydroxylamine groups is 1. The number of hydrogen-bond donors (Lipinski definition) is 2. The molecule has 1 rings (SSSR count). The van der Waals surface area contributed by atoms with Crippen LogP contribution in [0, 0.1) is 5.92 Å². The summed E-state index contributed by atoms with van der Waals surface area (Å²) in [6.45, 7) is 3.73. The molecule has 1 aromatic rings. The summed E-state index contributed by atoms with van der Waals surface area (Å²) < 4.78 is 1.41. The second-order valence-electron chi connectivity index (χ2n) is 3.04. The maximum absolute atomic E-state index is 11.2. The van der Waals surface area contributed by atoms with Gasteiger partial charge in [-0.15, -0.1) is 0 Å². The largest absolute Gasteiger partial charge is 0.289 e. The molecule has 0 aliphatic heterocycles. The van der Waals surface area contributed by atoms with E-state index in [0.29, 0.717) is 0 Å². The molecule has 1 atom stereocenters. The summed E-state index contributed by atoms with van der Waals surface area (Å²) >= 11 is 0. The van der Waals surface area contributed by atoms with Crippen LogP contribution >= 0.6 is 0 Å². The zero-order valence-electron chi connectivity index (χ0n) is 7.51. The van der Waals surface area contributed by atoms with Gasteiger partial charge >= 0.3 is 0 Å². The molecule has 2 N–H and O–H groups in total. The second kappa shape index (κ2) is 3.99. The van der Waals surface area contributed by atoms with E-state index in [0.717, 1.165) is 0 Å². The Bertz CT molecular complexity index is 270. The van der Waals surface area contributed by atoms with E-state index in [1.165, 1.54) is 17.3 Å². The predicted octanol–water partition coefficient (Wildman–Crippen LogP) is -0.0194. The molecule has 0 aliphatic rings. The summed E-state index contributed by atoms with van der Waals surface area (Å²) in [6, 6.07) is -0.521. The molecule has 1 unspecified atom stereocenters. The van der Waals surface area contributed by atoms with Gasteiger partial charge in [0.25, 0.3) is 5.91 Å². The number of nitrogens with one attached hydrogen (secondary N) is 1. The van der Waals surface area contributed by atoms with Crippen LogP contribution in [0.2, 0.25) is 0 Å². The summed E-state index contributed by atoms with van der Waals surface area (Å²) in [5, 5.41) is 12.3. The maximum Gasteiger partial charge on any atom is 0.268 e. The van der Waals surface area contributed by atoms with E-state index in [9.17, 15) is 4.79 Å².